The van der Waals surface area contributed by atoms with Crippen LogP contribution in [0.4, 0.5) is 0 Å². The average Bonchev–Trinajstić information content (AvgIpc) is 3.23. The number of carbonyl (C=O) groups is 3. The van der Waals surface area contributed by atoms with Crippen LogP contribution < -0.4 is 0 Å². The van der Waals surface area contributed by atoms with Gasteiger partial charge in [-0.15, -0.1) is 0 Å². The Morgan fingerprint density at radius 2 is 0.783 bits per heavy atom. The van der Waals surface area contributed by atoms with Crippen molar-refractivity contribution in [1.29, 1.82) is 0 Å². The Morgan fingerprint density at radius 1 is 0.400 bits per heavy atom. The van der Waals surface area contributed by atoms with Crippen molar-refractivity contribution in [2.75, 3.05) is 40.4 Å². The van der Waals surface area contributed by atoms with Gasteiger partial charge in [-0.3, -0.25) is 14.4 Å². The second kappa shape index (κ2) is 44.0. The summed E-state index contributed by atoms with van der Waals surface area (Å²) in [5.74, 6) is 0.888. The van der Waals surface area contributed by atoms with E-state index in [1.807, 2.05) is 0 Å². The van der Waals surface area contributed by atoms with Gasteiger partial charge in [-0.2, -0.15) is 0 Å². The number of nitrogens with zero attached hydrogens (tertiary/aromatic N) is 2. The molecule has 3 atom stereocenters. The summed E-state index contributed by atoms with van der Waals surface area (Å²) in [7, 11) is 4.16. The van der Waals surface area contributed by atoms with Crippen LogP contribution in [-0.2, 0) is 23.9 Å². The molecule has 7 heteroatoms. The van der Waals surface area contributed by atoms with Crippen LogP contribution in [0, 0.1) is 11.8 Å². The summed E-state index contributed by atoms with van der Waals surface area (Å²) in [5, 5.41) is 0. The lowest BCUT2D eigenvalue weighted by atomic mass is 9.95. The van der Waals surface area contributed by atoms with Gasteiger partial charge in [0.15, 0.2) is 0 Å². The first kappa shape index (κ1) is 58.4. The Morgan fingerprint density at radius 3 is 1.27 bits per heavy atom. The molecular formula is C53H104N2O5. The Kier molecular flexibility index (Phi) is 42.8. The van der Waals surface area contributed by atoms with Crippen LogP contribution in [0.3, 0.4) is 0 Å². The molecule has 60 heavy (non-hydrogen) atoms. The molecule has 0 aromatic carbocycles. The lowest BCUT2D eigenvalue weighted by molar-refractivity contribution is -0.148. The second-order valence-corrected chi connectivity index (χ2v) is 18.9. The third-order valence-electron chi connectivity index (χ3n) is 12.7. The third-order valence-corrected chi connectivity index (χ3v) is 12.7. The zero-order valence-electron chi connectivity index (χ0n) is 41.5. The predicted molar refractivity (Wildman–Crippen MR) is 258 cm³/mol. The van der Waals surface area contributed by atoms with E-state index in [1.165, 1.54) is 135 Å². The topological polar surface area (TPSA) is 76.2 Å². The monoisotopic (exact) mass is 849 g/mol. The van der Waals surface area contributed by atoms with Crippen molar-refractivity contribution in [1.82, 2.24) is 9.80 Å². The zero-order chi connectivity index (χ0) is 44.3. The molecule has 0 saturated carbocycles. The van der Waals surface area contributed by atoms with Crippen LogP contribution >= 0.6 is 0 Å². The van der Waals surface area contributed by atoms with Gasteiger partial charge in [0.05, 0.1) is 19.6 Å². The molecule has 0 saturated heterocycles. The van der Waals surface area contributed by atoms with E-state index in [-0.39, 0.29) is 23.9 Å². The van der Waals surface area contributed by atoms with Crippen molar-refractivity contribution in [2.45, 2.75) is 272 Å². The molecule has 3 unspecified atom stereocenters. The molecule has 0 N–H and O–H groups in total. The van der Waals surface area contributed by atoms with E-state index >= 15 is 0 Å². The SMILES string of the molecule is CCCCCCCCCC(CC(=O)OCC(CCCCCC)CCCCCCCC)N(CCCN(C)C)C(=O)CCCCCCC(=O)OCC(CCCC)CCCCCC. The van der Waals surface area contributed by atoms with Gasteiger partial charge in [-0.1, -0.05) is 195 Å². The van der Waals surface area contributed by atoms with Gasteiger partial charge in [0.25, 0.3) is 0 Å². The molecule has 0 aliphatic rings. The van der Waals surface area contributed by atoms with Crippen LogP contribution in [0.25, 0.3) is 0 Å². The smallest absolute Gasteiger partial charge is 0.307 e. The van der Waals surface area contributed by atoms with E-state index < -0.39 is 0 Å². The fraction of sp³-hybridized carbons (Fsp3) is 0.943. The molecular weight excluding hydrogens is 745 g/mol. The molecule has 0 spiro atoms. The Bertz CT molecular complexity index is 958. The molecule has 0 rings (SSSR count). The number of hydrogen-bond donors (Lipinski definition) is 0. The molecule has 0 aromatic rings. The zero-order valence-corrected chi connectivity index (χ0v) is 41.5. The molecule has 0 radical (unpaired) electrons. The van der Waals surface area contributed by atoms with Crippen LogP contribution in [0.5, 0.6) is 0 Å². The number of ether oxygens (including phenoxy) is 2. The van der Waals surface area contributed by atoms with Gasteiger partial charge in [0.2, 0.25) is 5.91 Å². The maximum atomic E-state index is 14.1. The third kappa shape index (κ3) is 37.0. The van der Waals surface area contributed by atoms with E-state index in [4.69, 9.17) is 9.47 Å². The molecule has 356 valence electrons. The maximum absolute atomic E-state index is 14.1. The molecule has 0 heterocycles. The van der Waals surface area contributed by atoms with E-state index in [9.17, 15) is 14.4 Å². The number of hydrogen-bond acceptors (Lipinski definition) is 6. The highest BCUT2D eigenvalue weighted by Gasteiger charge is 2.26. The summed E-state index contributed by atoms with van der Waals surface area (Å²) in [6.07, 6.45) is 39.6. The summed E-state index contributed by atoms with van der Waals surface area (Å²) in [4.78, 5) is 44.6. The van der Waals surface area contributed by atoms with Crippen molar-refractivity contribution < 1.29 is 23.9 Å². The second-order valence-electron chi connectivity index (χ2n) is 18.9. The quantitative estimate of drug-likeness (QED) is 0.0449. The number of rotatable bonds is 46. The van der Waals surface area contributed by atoms with E-state index in [0.717, 1.165) is 83.6 Å². The van der Waals surface area contributed by atoms with Gasteiger partial charge in [-0.25, -0.2) is 0 Å². The molecule has 7 nitrogen and oxygen atoms in total. The van der Waals surface area contributed by atoms with Gasteiger partial charge in [0, 0.05) is 25.4 Å². The van der Waals surface area contributed by atoms with Gasteiger partial charge < -0.3 is 19.3 Å². The van der Waals surface area contributed by atoms with Crippen molar-refractivity contribution in [3.63, 3.8) is 0 Å². The van der Waals surface area contributed by atoms with Crippen molar-refractivity contribution in [3.8, 4) is 0 Å². The summed E-state index contributed by atoms with van der Waals surface area (Å²) in [6, 6.07) is -0.119. The van der Waals surface area contributed by atoms with E-state index in [2.05, 4.69) is 58.5 Å². The summed E-state index contributed by atoms with van der Waals surface area (Å²) < 4.78 is 11.9. The summed E-state index contributed by atoms with van der Waals surface area (Å²) in [6.45, 7) is 13.9. The highest BCUT2D eigenvalue weighted by molar-refractivity contribution is 5.78. The molecule has 0 bridgehead atoms. The van der Waals surface area contributed by atoms with Crippen LogP contribution in [0.15, 0.2) is 0 Å². The number of amides is 1. The van der Waals surface area contributed by atoms with Gasteiger partial charge >= 0.3 is 11.9 Å². The predicted octanol–water partition coefficient (Wildman–Crippen LogP) is 15.2. The first-order valence-electron chi connectivity index (χ1n) is 26.5. The standard InChI is InChI=1S/C53H104N2O5/c1-8-13-18-22-24-26-32-40-50(45-53(58)60-47-49(38-30-21-16-11-4)39-31-25-23-19-14-9-2)55(44-35-43-54(6)7)51(56)41-33-27-28-34-42-52(57)59-46-48(36-17-12-5)37-29-20-15-10-3/h48-50H,8-47H2,1-7H3. The molecule has 0 aliphatic carbocycles. The number of esters is 2. The first-order chi connectivity index (χ1) is 29.2. The van der Waals surface area contributed by atoms with Crippen molar-refractivity contribution in [3.05, 3.63) is 0 Å². The Labute approximate surface area is 374 Å². The number of unbranched alkanes of at least 4 members (excludes halogenated alkanes) is 21. The molecule has 0 fully saturated rings. The minimum absolute atomic E-state index is 0.0708. The number of carbonyl (C=O) groups excluding carboxylic acids is 3. The Hall–Kier alpha value is -1.63. The summed E-state index contributed by atoms with van der Waals surface area (Å²) >= 11 is 0. The van der Waals surface area contributed by atoms with Gasteiger partial charge in [-0.05, 0) is 83.8 Å². The molecule has 0 aliphatic heterocycles. The molecule has 0 aromatic heterocycles. The van der Waals surface area contributed by atoms with Crippen LogP contribution in [0.1, 0.15) is 266 Å². The fourth-order valence-electron chi connectivity index (χ4n) is 8.61. The first-order valence-corrected chi connectivity index (χ1v) is 26.5. The summed E-state index contributed by atoms with van der Waals surface area (Å²) in [5.41, 5.74) is 0. The van der Waals surface area contributed by atoms with Gasteiger partial charge in [0.1, 0.15) is 0 Å². The average molecular weight is 849 g/mol. The Balaban J connectivity index is 5.39. The van der Waals surface area contributed by atoms with Crippen molar-refractivity contribution >= 4 is 17.8 Å². The lowest BCUT2D eigenvalue weighted by Crippen LogP contribution is -2.43. The molecule has 1 amide bonds. The highest BCUT2D eigenvalue weighted by atomic mass is 16.5. The largest absolute Gasteiger partial charge is 0.465 e. The lowest BCUT2D eigenvalue weighted by Gasteiger charge is -2.32. The van der Waals surface area contributed by atoms with Crippen molar-refractivity contribution in [2.24, 2.45) is 11.8 Å². The minimum Gasteiger partial charge on any atom is -0.465 e. The fourth-order valence-corrected chi connectivity index (χ4v) is 8.61. The normalized spacial score (nSPS) is 13.1. The van der Waals surface area contributed by atoms with Crippen LogP contribution in [0.2, 0.25) is 0 Å². The van der Waals surface area contributed by atoms with Crippen LogP contribution in [-0.4, -0.2) is 74.1 Å². The maximum Gasteiger partial charge on any atom is 0.307 e. The minimum atomic E-state index is -0.130. The van der Waals surface area contributed by atoms with E-state index in [0.29, 0.717) is 50.9 Å². The highest BCUT2D eigenvalue weighted by Crippen LogP contribution is 2.23. The van der Waals surface area contributed by atoms with E-state index in [1.54, 1.807) is 0 Å².